The van der Waals surface area contributed by atoms with Gasteiger partial charge in [-0.1, -0.05) is 41.6 Å². The van der Waals surface area contributed by atoms with Crippen LogP contribution in [-0.2, 0) is 4.79 Å². The number of rotatable bonds is 4. The Morgan fingerprint density at radius 2 is 1.77 bits per heavy atom. The number of nitrogens with one attached hydrogen (secondary N) is 1. The quantitative estimate of drug-likeness (QED) is 0.506. The van der Waals surface area contributed by atoms with Crippen LogP contribution in [0.5, 0.6) is 0 Å². The van der Waals surface area contributed by atoms with Crippen molar-refractivity contribution < 1.29 is 9.59 Å². The molecule has 182 valence electrons. The highest BCUT2D eigenvalue weighted by Gasteiger charge is 2.53. The zero-order chi connectivity index (χ0) is 24.3. The zero-order valence-corrected chi connectivity index (χ0v) is 21.7. The van der Waals surface area contributed by atoms with Crippen LogP contribution in [0, 0.1) is 30.1 Å². The molecule has 0 aromatic heterocycles. The first-order valence-electron chi connectivity index (χ1n) is 13.0. The van der Waals surface area contributed by atoms with Crippen LogP contribution in [0.2, 0.25) is 0 Å². The molecule has 35 heavy (non-hydrogen) atoms. The topological polar surface area (TPSA) is 49.4 Å². The Bertz CT molecular complexity index is 1200. The van der Waals surface area contributed by atoms with Crippen molar-refractivity contribution in [3.63, 3.8) is 0 Å². The second-order valence-electron chi connectivity index (χ2n) is 11.5. The van der Waals surface area contributed by atoms with Gasteiger partial charge in [0.2, 0.25) is 0 Å². The molecule has 2 aromatic carbocycles. The van der Waals surface area contributed by atoms with E-state index in [2.05, 4.69) is 31.3 Å². The van der Waals surface area contributed by atoms with Gasteiger partial charge in [0, 0.05) is 23.5 Å². The molecule has 7 rings (SSSR count). The second kappa shape index (κ2) is 8.55. The van der Waals surface area contributed by atoms with E-state index in [0.29, 0.717) is 10.5 Å². The summed E-state index contributed by atoms with van der Waals surface area (Å²) in [5.41, 5.74) is 3.90. The molecular formula is C30H34N2O2S. The average molecular weight is 487 g/mol. The van der Waals surface area contributed by atoms with Crippen molar-refractivity contribution in [2.45, 2.75) is 63.3 Å². The standard InChI is InChI=1S/C30H34N2O2S/c1-18-5-4-6-20(9-18)13-27-29(34)32(3)25-14-24(7-8-26(25)35-27)28(33)31-19(2)30-15-21-10-22(16-30)12-23(11-21)17-30/h4-9,13-14,19,21-23H,10-12,15-17H2,1-3H3,(H,31,33)/b27-13+/t19-,21?,22?,23?,30?/m0/s1. The van der Waals surface area contributed by atoms with Crippen LogP contribution < -0.4 is 10.2 Å². The van der Waals surface area contributed by atoms with Crippen LogP contribution in [-0.4, -0.2) is 24.9 Å². The van der Waals surface area contributed by atoms with Crippen LogP contribution in [0.4, 0.5) is 5.69 Å². The molecule has 4 nitrogen and oxygen atoms in total. The molecule has 1 aliphatic heterocycles. The van der Waals surface area contributed by atoms with Crippen LogP contribution in [0.3, 0.4) is 0 Å². The van der Waals surface area contributed by atoms with E-state index in [1.54, 1.807) is 11.9 Å². The maximum Gasteiger partial charge on any atom is 0.264 e. The molecule has 5 heteroatoms. The van der Waals surface area contributed by atoms with Gasteiger partial charge in [-0.3, -0.25) is 9.59 Å². The Morgan fingerprint density at radius 1 is 1.09 bits per heavy atom. The number of nitrogens with zero attached hydrogens (tertiary/aromatic N) is 1. The normalized spacial score (nSPS) is 30.9. The average Bonchev–Trinajstić information content (AvgIpc) is 2.81. The largest absolute Gasteiger partial charge is 0.349 e. The van der Waals surface area contributed by atoms with Crippen molar-refractivity contribution in [1.29, 1.82) is 0 Å². The number of fused-ring (bicyclic) bond motifs is 1. The van der Waals surface area contributed by atoms with Gasteiger partial charge < -0.3 is 10.2 Å². The molecule has 4 aliphatic carbocycles. The van der Waals surface area contributed by atoms with Gasteiger partial charge >= 0.3 is 0 Å². The number of carbonyl (C=O) groups excluding carboxylic acids is 2. The molecule has 2 amide bonds. The lowest BCUT2D eigenvalue weighted by Crippen LogP contribution is -2.55. The Kier molecular flexibility index (Phi) is 5.59. The van der Waals surface area contributed by atoms with Gasteiger partial charge in [0.1, 0.15) is 0 Å². The smallest absolute Gasteiger partial charge is 0.264 e. The second-order valence-corrected chi connectivity index (χ2v) is 12.6. The van der Waals surface area contributed by atoms with Crippen LogP contribution in [0.1, 0.15) is 66.9 Å². The van der Waals surface area contributed by atoms with E-state index in [0.717, 1.165) is 33.9 Å². The highest BCUT2D eigenvalue weighted by atomic mass is 32.2. The molecular weight excluding hydrogens is 452 g/mol. The molecule has 5 aliphatic rings. The van der Waals surface area contributed by atoms with E-state index in [1.165, 1.54) is 55.9 Å². The van der Waals surface area contributed by atoms with Crippen molar-refractivity contribution in [1.82, 2.24) is 5.32 Å². The number of hydrogen-bond donors (Lipinski definition) is 1. The van der Waals surface area contributed by atoms with E-state index in [9.17, 15) is 9.59 Å². The third-order valence-corrected chi connectivity index (χ3v) is 10.1. The lowest BCUT2D eigenvalue weighted by molar-refractivity contribution is -0.114. The highest BCUT2D eigenvalue weighted by molar-refractivity contribution is 8.04. The van der Waals surface area contributed by atoms with Crippen molar-refractivity contribution in [3.8, 4) is 0 Å². The van der Waals surface area contributed by atoms with Gasteiger partial charge in [0.05, 0.1) is 10.6 Å². The van der Waals surface area contributed by atoms with E-state index < -0.39 is 0 Å². The molecule has 1 atom stereocenters. The maximum atomic E-state index is 13.3. The molecule has 4 saturated carbocycles. The zero-order valence-electron chi connectivity index (χ0n) is 20.8. The minimum absolute atomic E-state index is 0.0250. The fourth-order valence-electron chi connectivity index (χ4n) is 7.59. The number of thioether (sulfide) groups is 1. The number of hydrogen-bond acceptors (Lipinski definition) is 3. The van der Waals surface area contributed by atoms with Crippen LogP contribution in [0.25, 0.3) is 6.08 Å². The SMILES string of the molecule is Cc1cccc(/C=C2/Sc3ccc(C(=O)N[C@@H](C)C45CC6CC(CC(C6)C4)C5)cc3N(C)C2=O)c1. The molecule has 4 fully saturated rings. The minimum Gasteiger partial charge on any atom is -0.349 e. The summed E-state index contributed by atoms with van der Waals surface area (Å²) >= 11 is 1.48. The third kappa shape index (κ3) is 4.12. The van der Waals surface area contributed by atoms with Crippen molar-refractivity contribution >= 4 is 35.3 Å². The van der Waals surface area contributed by atoms with Gasteiger partial charge in [-0.15, -0.1) is 0 Å². The van der Waals surface area contributed by atoms with Crippen LogP contribution in [0.15, 0.2) is 52.3 Å². The third-order valence-electron chi connectivity index (χ3n) is 9.01. The molecule has 0 unspecified atom stereocenters. The summed E-state index contributed by atoms with van der Waals surface area (Å²) in [5, 5.41) is 3.37. The fraction of sp³-hybridized carbons (Fsp3) is 0.467. The van der Waals surface area contributed by atoms with Gasteiger partial charge in [0.15, 0.2) is 0 Å². The molecule has 0 spiro atoms. The Hall–Kier alpha value is -2.53. The number of anilines is 1. The fourth-order valence-corrected chi connectivity index (χ4v) is 8.68. The molecule has 1 heterocycles. The van der Waals surface area contributed by atoms with E-state index >= 15 is 0 Å². The van der Waals surface area contributed by atoms with Crippen LogP contribution >= 0.6 is 11.8 Å². The first-order valence-corrected chi connectivity index (χ1v) is 13.8. The predicted octanol–water partition coefficient (Wildman–Crippen LogP) is 6.44. The number of benzene rings is 2. The monoisotopic (exact) mass is 486 g/mol. The summed E-state index contributed by atoms with van der Waals surface area (Å²) in [6.07, 6.45) is 9.99. The van der Waals surface area contributed by atoms with E-state index in [4.69, 9.17) is 0 Å². The lowest BCUT2D eigenvalue weighted by atomic mass is 9.48. The maximum absolute atomic E-state index is 13.3. The molecule has 0 saturated heterocycles. The van der Waals surface area contributed by atoms with E-state index in [-0.39, 0.29) is 23.3 Å². The minimum atomic E-state index is -0.0384. The summed E-state index contributed by atoms with van der Waals surface area (Å²) < 4.78 is 0. The van der Waals surface area contributed by atoms with Crippen molar-refractivity contribution in [2.24, 2.45) is 23.2 Å². The molecule has 2 aromatic rings. The van der Waals surface area contributed by atoms with Crippen molar-refractivity contribution in [2.75, 3.05) is 11.9 Å². The Morgan fingerprint density at radius 3 is 2.43 bits per heavy atom. The summed E-state index contributed by atoms with van der Waals surface area (Å²) in [7, 11) is 1.80. The van der Waals surface area contributed by atoms with Gasteiger partial charge in [-0.25, -0.2) is 0 Å². The molecule has 4 bridgehead atoms. The Balaban J connectivity index is 1.20. The van der Waals surface area contributed by atoms with E-state index in [1.807, 2.05) is 36.4 Å². The first kappa shape index (κ1) is 22.9. The molecule has 1 N–H and O–H groups in total. The summed E-state index contributed by atoms with van der Waals surface area (Å²) in [6.45, 7) is 4.27. The highest BCUT2D eigenvalue weighted by Crippen LogP contribution is 2.61. The number of carbonyl (C=O) groups is 2. The molecule has 0 radical (unpaired) electrons. The predicted molar refractivity (Wildman–Crippen MR) is 142 cm³/mol. The number of aryl methyl sites for hydroxylation is 1. The summed E-state index contributed by atoms with van der Waals surface area (Å²) in [4.78, 5) is 29.8. The van der Waals surface area contributed by atoms with Crippen molar-refractivity contribution in [3.05, 3.63) is 64.1 Å². The number of likely N-dealkylation sites (N-methyl/N-ethyl adjacent to an activating group) is 1. The van der Waals surface area contributed by atoms with Gasteiger partial charge in [-0.2, -0.15) is 0 Å². The number of amides is 2. The van der Waals surface area contributed by atoms with Gasteiger partial charge in [0.25, 0.3) is 11.8 Å². The first-order chi connectivity index (χ1) is 16.8. The summed E-state index contributed by atoms with van der Waals surface area (Å²) in [5.74, 6) is 2.53. The Labute approximate surface area is 212 Å². The van der Waals surface area contributed by atoms with Gasteiger partial charge in [-0.05, 0) is 105 Å². The summed E-state index contributed by atoms with van der Waals surface area (Å²) in [6, 6.07) is 14.1. The lowest BCUT2D eigenvalue weighted by Gasteiger charge is -2.59.